The van der Waals surface area contributed by atoms with Crippen LogP contribution in [0.1, 0.15) is 20.8 Å². The molecule has 0 saturated heterocycles. The molecule has 3 nitrogen and oxygen atoms in total. The molecule has 3 heteroatoms. The van der Waals surface area contributed by atoms with Crippen molar-refractivity contribution in [2.24, 2.45) is 11.3 Å². The van der Waals surface area contributed by atoms with Crippen LogP contribution in [0.15, 0.2) is 0 Å². The van der Waals surface area contributed by atoms with E-state index in [0.717, 1.165) is 0 Å². The molecular weight excluding hydrogens is 142 g/mol. The predicted octanol–water partition coefficient (Wildman–Crippen LogP) is 0.387. The van der Waals surface area contributed by atoms with Gasteiger partial charge in [-0.3, -0.25) is 4.79 Å². The Bertz CT molecular complexity index is 138. The number of amides is 1. The molecular formula is C8H17NO2. The lowest BCUT2D eigenvalue weighted by Crippen LogP contribution is -2.38. The molecule has 0 aromatic rings. The maximum atomic E-state index is 11.1. The zero-order valence-electron chi connectivity index (χ0n) is 7.64. The maximum Gasteiger partial charge on any atom is 0.225 e. The van der Waals surface area contributed by atoms with Gasteiger partial charge in [0.25, 0.3) is 0 Å². The van der Waals surface area contributed by atoms with Crippen LogP contribution in [0.5, 0.6) is 0 Å². The van der Waals surface area contributed by atoms with Crippen molar-refractivity contribution in [3.63, 3.8) is 0 Å². The van der Waals surface area contributed by atoms with E-state index in [1.54, 1.807) is 7.05 Å². The molecule has 0 bridgehead atoms. The van der Waals surface area contributed by atoms with E-state index in [1.165, 1.54) is 0 Å². The van der Waals surface area contributed by atoms with E-state index in [2.05, 4.69) is 5.32 Å². The first kappa shape index (κ1) is 10.4. The third-order valence-corrected chi connectivity index (χ3v) is 1.79. The average Bonchev–Trinajstić information content (AvgIpc) is 1.86. The smallest absolute Gasteiger partial charge is 0.225 e. The van der Waals surface area contributed by atoms with Gasteiger partial charge >= 0.3 is 0 Å². The Labute approximate surface area is 67.8 Å². The molecule has 66 valence electrons. The summed E-state index contributed by atoms with van der Waals surface area (Å²) in [6.07, 6.45) is 0. The van der Waals surface area contributed by atoms with E-state index >= 15 is 0 Å². The first-order valence-electron chi connectivity index (χ1n) is 3.76. The van der Waals surface area contributed by atoms with Crippen LogP contribution in [0.25, 0.3) is 0 Å². The predicted molar refractivity (Wildman–Crippen MR) is 44.1 cm³/mol. The second kappa shape index (κ2) is 3.72. The van der Waals surface area contributed by atoms with Crippen molar-refractivity contribution in [3.8, 4) is 0 Å². The molecule has 11 heavy (non-hydrogen) atoms. The molecule has 0 saturated carbocycles. The molecule has 0 aromatic heterocycles. The van der Waals surface area contributed by atoms with Crippen molar-refractivity contribution < 1.29 is 9.90 Å². The highest BCUT2D eigenvalue weighted by atomic mass is 16.3. The monoisotopic (exact) mass is 159 g/mol. The topological polar surface area (TPSA) is 49.3 Å². The van der Waals surface area contributed by atoms with Gasteiger partial charge in [-0.05, 0) is 5.41 Å². The van der Waals surface area contributed by atoms with Gasteiger partial charge in [-0.1, -0.05) is 20.8 Å². The van der Waals surface area contributed by atoms with Gasteiger partial charge in [-0.2, -0.15) is 0 Å². The summed E-state index contributed by atoms with van der Waals surface area (Å²) in [7, 11) is 1.58. The lowest BCUT2D eigenvalue weighted by atomic mass is 9.81. The summed E-state index contributed by atoms with van der Waals surface area (Å²) in [5, 5.41) is 11.4. The summed E-state index contributed by atoms with van der Waals surface area (Å²) < 4.78 is 0. The molecule has 0 fully saturated rings. The van der Waals surface area contributed by atoms with Crippen LogP contribution in [0.3, 0.4) is 0 Å². The number of hydrogen-bond donors (Lipinski definition) is 2. The Hall–Kier alpha value is -0.570. The molecule has 1 atom stereocenters. The van der Waals surface area contributed by atoms with Gasteiger partial charge in [0.2, 0.25) is 5.91 Å². The van der Waals surface area contributed by atoms with Crippen LogP contribution < -0.4 is 5.32 Å². The highest BCUT2D eigenvalue weighted by molar-refractivity contribution is 5.79. The molecule has 0 heterocycles. The number of rotatable bonds is 2. The van der Waals surface area contributed by atoms with E-state index in [1.807, 2.05) is 20.8 Å². The van der Waals surface area contributed by atoms with Gasteiger partial charge in [0, 0.05) is 7.05 Å². The third-order valence-electron chi connectivity index (χ3n) is 1.79. The third kappa shape index (κ3) is 2.89. The van der Waals surface area contributed by atoms with Crippen LogP contribution in [0.4, 0.5) is 0 Å². The van der Waals surface area contributed by atoms with Crippen molar-refractivity contribution in [1.82, 2.24) is 5.32 Å². The molecule has 0 radical (unpaired) electrons. The van der Waals surface area contributed by atoms with Crippen LogP contribution in [0.2, 0.25) is 0 Å². The Balaban J connectivity index is 4.29. The molecule has 0 spiro atoms. The van der Waals surface area contributed by atoms with Gasteiger partial charge in [-0.25, -0.2) is 0 Å². The minimum atomic E-state index is -0.313. The van der Waals surface area contributed by atoms with Crippen LogP contribution in [-0.4, -0.2) is 24.7 Å². The first-order valence-corrected chi connectivity index (χ1v) is 3.76. The fraction of sp³-hybridized carbons (Fsp3) is 0.875. The number of carbonyl (C=O) groups excluding carboxylic acids is 1. The summed E-state index contributed by atoms with van der Waals surface area (Å²) in [4.78, 5) is 11.1. The Morgan fingerprint density at radius 2 is 2.00 bits per heavy atom. The molecule has 0 aliphatic heterocycles. The minimum absolute atomic E-state index is 0.0941. The second-order valence-corrected chi connectivity index (χ2v) is 3.72. The normalized spacial score (nSPS) is 14.3. The van der Waals surface area contributed by atoms with Crippen molar-refractivity contribution in [2.45, 2.75) is 20.8 Å². The molecule has 0 aliphatic rings. The van der Waals surface area contributed by atoms with E-state index in [4.69, 9.17) is 5.11 Å². The zero-order valence-corrected chi connectivity index (χ0v) is 7.64. The summed E-state index contributed by atoms with van der Waals surface area (Å²) in [5.41, 5.74) is -0.172. The fourth-order valence-corrected chi connectivity index (χ4v) is 0.924. The van der Waals surface area contributed by atoms with E-state index in [0.29, 0.717) is 0 Å². The van der Waals surface area contributed by atoms with Crippen molar-refractivity contribution in [3.05, 3.63) is 0 Å². The fourth-order valence-electron chi connectivity index (χ4n) is 0.924. The summed E-state index contributed by atoms with van der Waals surface area (Å²) >= 11 is 0. The standard InChI is InChI=1S/C8H17NO2/c1-8(2,3)6(5-10)7(11)9-4/h6,10H,5H2,1-4H3,(H,9,11). The lowest BCUT2D eigenvalue weighted by molar-refractivity contribution is -0.129. The SMILES string of the molecule is CNC(=O)C(CO)C(C)(C)C. The highest BCUT2D eigenvalue weighted by Crippen LogP contribution is 2.25. The van der Waals surface area contributed by atoms with Crippen molar-refractivity contribution in [1.29, 1.82) is 0 Å². The number of hydrogen-bond acceptors (Lipinski definition) is 2. The Morgan fingerprint density at radius 1 is 1.55 bits per heavy atom. The molecule has 1 unspecified atom stereocenters. The Kier molecular flexibility index (Phi) is 3.52. The number of aliphatic hydroxyl groups excluding tert-OH is 1. The molecule has 0 aromatic carbocycles. The van der Waals surface area contributed by atoms with Crippen molar-refractivity contribution in [2.75, 3.05) is 13.7 Å². The van der Waals surface area contributed by atoms with Crippen LogP contribution >= 0.6 is 0 Å². The molecule has 0 rings (SSSR count). The van der Waals surface area contributed by atoms with Crippen LogP contribution in [0, 0.1) is 11.3 Å². The summed E-state index contributed by atoms with van der Waals surface area (Å²) in [5.74, 6) is -0.410. The van der Waals surface area contributed by atoms with E-state index in [9.17, 15) is 4.79 Å². The maximum absolute atomic E-state index is 11.1. The van der Waals surface area contributed by atoms with E-state index in [-0.39, 0.29) is 23.8 Å². The first-order chi connectivity index (χ1) is 4.93. The summed E-state index contributed by atoms with van der Waals surface area (Å²) in [6.45, 7) is 5.71. The second-order valence-electron chi connectivity index (χ2n) is 3.72. The number of aliphatic hydroxyl groups is 1. The van der Waals surface area contributed by atoms with E-state index < -0.39 is 0 Å². The quantitative estimate of drug-likeness (QED) is 0.612. The highest BCUT2D eigenvalue weighted by Gasteiger charge is 2.29. The Morgan fingerprint density at radius 3 is 2.09 bits per heavy atom. The number of nitrogens with one attached hydrogen (secondary N) is 1. The van der Waals surface area contributed by atoms with Gasteiger partial charge in [0.15, 0.2) is 0 Å². The number of carbonyl (C=O) groups is 1. The minimum Gasteiger partial charge on any atom is -0.396 e. The largest absolute Gasteiger partial charge is 0.396 e. The van der Waals surface area contributed by atoms with Gasteiger partial charge in [-0.15, -0.1) is 0 Å². The van der Waals surface area contributed by atoms with Gasteiger partial charge in [0.05, 0.1) is 12.5 Å². The molecule has 1 amide bonds. The molecule has 0 aliphatic carbocycles. The summed E-state index contributed by atoms with van der Waals surface area (Å²) in [6, 6.07) is 0. The van der Waals surface area contributed by atoms with Crippen LogP contribution in [-0.2, 0) is 4.79 Å². The van der Waals surface area contributed by atoms with Crippen molar-refractivity contribution >= 4 is 5.91 Å². The molecule has 2 N–H and O–H groups in total. The lowest BCUT2D eigenvalue weighted by Gasteiger charge is -2.27. The average molecular weight is 159 g/mol. The zero-order chi connectivity index (χ0) is 9.07. The van der Waals surface area contributed by atoms with Gasteiger partial charge < -0.3 is 10.4 Å². The van der Waals surface area contributed by atoms with Gasteiger partial charge in [0.1, 0.15) is 0 Å².